The fourth-order valence-electron chi connectivity index (χ4n) is 1.91. The summed E-state index contributed by atoms with van der Waals surface area (Å²) in [5.41, 5.74) is 1.66. The molecule has 0 aliphatic rings. The first kappa shape index (κ1) is 14.2. The molecule has 5 heteroatoms. The van der Waals surface area contributed by atoms with Gasteiger partial charge in [0, 0.05) is 25.2 Å². The molecule has 2 rings (SSSR count). The van der Waals surface area contributed by atoms with Crippen molar-refractivity contribution >= 4 is 5.69 Å². The van der Waals surface area contributed by atoms with Crippen molar-refractivity contribution in [1.29, 1.82) is 0 Å². The summed E-state index contributed by atoms with van der Waals surface area (Å²) >= 11 is 0. The summed E-state index contributed by atoms with van der Waals surface area (Å²) in [6, 6.07) is 15.9. The summed E-state index contributed by atoms with van der Waals surface area (Å²) in [7, 11) is 0. The van der Waals surface area contributed by atoms with Crippen LogP contribution >= 0.6 is 0 Å². The van der Waals surface area contributed by atoms with Gasteiger partial charge in [-0.25, -0.2) is 0 Å². The van der Waals surface area contributed by atoms with E-state index in [1.807, 2.05) is 30.3 Å². The lowest BCUT2D eigenvalue weighted by molar-refractivity contribution is -0.385. The summed E-state index contributed by atoms with van der Waals surface area (Å²) in [5, 5.41) is 23.8. The first-order valence-corrected chi connectivity index (χ1v) is 6.34. The minimum atomic E-state index is -0.765. The van der Waals surface area contributed by atoms with E-state index in [9.17, 15) is 15.2 Å². The number of benzene rings is 2. The highest BCUT2D eigenvalue weighted by Gasteiger charge is 2.11. The van der Waals surface area contributed by atoms with Gasteiger partial charge in [0.05, 0.1) is 11.0 Å². The van der Waals surface area contributed by atoms with Crippen LogP contribution in [0.25, 0.3) is 0 Å². The van der Waals surface area contributed by atoms with E-state index in [1.165, 1.54) is 12.1 Å². The monoisotopic (exact) mass is 272 g/mol. The molecule has 104 valence electrons. The van der Waals surface area contributed by atoms with E-state index in [1.54, 1.807) is 12.1 Å². The van der Waals surface area contributed by atoms with E-state index in [4.69, 9.17) is 0 Å². The molecule has 0 spiro atoms. The van der Waals surface area contributed by atoms with Crippen molar-refractivity contribution in [2.45, 2.75) is 12.6 Å². The van der Waals surface area contributed by atoms with Crippen molar-refractivity contribution in [2.75, 3.05) is 6.54 Å². The Labute approximate surface area is 117 Å². The second-order valence-electron chi connectivity index (χ2n) is 4.48. The molecule has 0 saturated heterocycles. The van der Waals surface area contributed by atoms with Crippen LogP contribution in [-0.2, 0) is 6.54 Å². The van der Waals surface area contributed by atoms with Gasteiger partial charge in [-0.3, -0.25) is 10.1 Å². The predicted octanol–water partition coefficient (Wildman–Crippen LogP) is 2.42. The highest BCUT2D eigenvalue weighted by atomic mass is 16.6. The Hall–Kier alpha value is -2.24. The van der Waals surface area contributed by atoms with E-state index in [0.29, 0.717) is 18.7 Å². The van der Waals surface area contributed by atoms with Crippen LogP contribution in [0.3, 0.4) is 0 Å². The molecular formula is C15H16N2O3. The second-order valence-corrected chi connectivity index (χ2v) is 4.48. The lowest BCUT2D eigenvalue weighted by atomic mass is 10.1. The van der Waals surface area contributed by atoms with Gasteiger partial charge < -0.3 is 10.4 Å². The first-order valence-electron chi connectivity index (χ1n) is 6.34. The van der Waals surface area contributed by atoms with E-state index in [2.05, 4.69) is 5.32 Å². The van der Waals surface area contributed by atoms with Crippen molar-refractivity contribution < 1.29 is 10.0 Å². The minimum absolute atomic E-state index is 0.00962. The maximum Gasteiger partial charge on any atom is 0.269 e. The topological polar surface area (TPSA) is 75.4 Å². The van der Waals surface area contributed by atoms with Gasteiger partial charge in [0.1, 0.15) is 0 Å². The zero-order valence-corrected chi connectivity index (χ0v) is 10.9. The van der Waals surface area contributed by atoms with Gasteiger partial charge in [0.2, 0.25) is 0 Å². The molecule has 2 N–H and O–H groups in total. The molecule has 0 bridgehead atoms. The number of hydrogen-bond acceptors (Lipinski definition) is 4. The highest BCUT2D eigenvalue weighted by Crippen LogP contribution is 2.18. The number of nitrogens with zero attached hydrogens (tertiary/aromatic N) is 1. The lowest BCUT2D eigenvalue weighted by Crippen LogP contribution is -2.21. The average Bonchev–Trinajstić information content (AvgIpc) is 2.48. The molecule has 20 heavy (non-hydrogen) atoms. The Morgan fingerprint density at radius 2 is 1.90 bits per heavy atom. The van der Waals surface area contributed by atoms with Gasteiger partial charge in [0.15, 0.2) is 0 Å². The zero-order valence-electron chi connectivity index (χ0n) is 10.9. The Bertz CT molecular complexity index is 572. The molecule has 0 aromatic heterocycles. The van der Waals surface area contributed by atoms with Crippen LogP contribution in [0.15, 0.2) is 54.6 Å². The Kier molecular flexibility index (Phi) is 4.81. The van der Waals surface area contributed by atoms with Gasteiger partial charge in [-0.1, -0.05) is 42.5 Å². The van der Waals surface area contributed by atoms with Crippen LogP contribution in [0.5, 0.6) is 0 Å². The zero-order chi connectivity index (χ0) is 14.4. The molecule has 0 radical (unpaired) electrons. The van der Waals surface area contributed by atoms with Crippen LogP contribution in [0, 0.1) is 10.1 Å². The SMILES string of the molecule is O=[N+]([O-])c1cccc([C@H](O)CNCc2ccccc2)c1. The second kappa shape index (κ2) is 6.79. The molecule has 0 aliphatic carbocycles. The van der Waals surface area contributed by atoms with Gasteiger partial charge >= 0.3 is 0 Å². The fourth-order valence-corrected chi connectivity index (χ4v) is 1.91. The number of hydrogen-bond donors (Lipinski definition) is 2. The van der Waals surface area contributed by atoms with E-state index >= 15 is 0 Å². The summed E-state index contributed by atoms with van der Waals surface area (Å²) in [5.74, 6) is 0. The molecule has 2 aromatic rings. The molecule has 0 saturated carbocycles. The third kappa shape index (κ3) is 3.88. The Morgan fingerprint density at radius 3 is 2.60 bits per heavy atom. The van der Waals surface area contributed by atoms with Crippen molar-refractivity contribution in [3.8, 4) is 0 Å². The molecule has 0 amide bonds. The summed E-state index contributed by atoms with van der Waals surface area (Å²) < 4.78 is 0. The standard InChI is InChI=1S/C15H16N2O3/c18-15(11-16-10-12-5-2-1-3-6-12)13-7-4-8-14(9-13)17(19)20/h1-9,15-16,18H,10-11H2/t15-/m1/s1. The van der Waals surface area contributed by atoms with Gasteiger partial charge in [-0.05, 0) is 11.1 Å². The van der Waals surface area contributed by atoms with Crippen molar-refractivity contribution in [2.24, 2.45) is 0 Å². The lowest BCUT2D eigenvalue weighted by Gasteiger charge is -2.12. The molecule has 0 unspecified atom stereocenters. The van der Waals surface area contributed by atoms with Crippen molar-refractivity contribution in [1.82, 2.24) is 5.32 Å². The van der Waals surface area contributed by atoms with Crippen molar-refractivity contribution in [3.63, 3.8) is 0 Å². The Balaban J connectivity index is 1.90. The number of nitrogens with one attached hydrogen (secondary N) is 1. The molecule has 2 aromatic carbocycles. The van der Waals surface area contributed by atoms with E-state index < -0.39 is 11.0 Å². The maximum atomic E-state index is 10.7. The number of rotatable bonds is 6. The number of aliphatic hydroxyl groups excluding tert-OH is 1. The number of nitro benzene ring substituents is 1. The van der Waals surface area contributed by atoms with Crippen LogP contribution in [0.1, 0.15) is 17.2 Å². The van der Waals surface area contributed by atoms with Crippen LogP contribution < -0.4 is 5.32 Å². The third-order valence-electron chi connectivity index (χ3n) is 2.98. The first-order chi connectivity index (χ1) is 9.66. The minimum Gasteiger partial charge on any atom is -0.387 e. The third-order valence-corrected chi connectivity index (χ3v) is 2.98. The van der Waals surface area contributed by atoms with Crippen LogP contribution in [0.2, 0.25) is 0 Å². The normalized spacial score (nSPS) is 12.1. The quantitative estimate of drug-likeness (QED) is 0.625. The van der Waals surface area contributed by atoms with E-state index in [0.717, 1.165) is 5.56 Å². The maximum absolute atomic E-state index is 10.7. The number of nitro groups is 1. The van der Waals surface area contributed by atoms with Gasteiger partial charge in [0.25, 0.3) is 5.69 Å². The summed E-state index contributed by atoms with van der Waals surface area (Å²) in [4.78, 5) is 10.2. The van der Waals surface area contributed by atoms with Crippen LogP contribution in [-0.4, -0.2) is 16.6 Å². The number of aliphatic hydroxyl groups is 1. The molecular weight excluding hydrogens is 256 g/mol. The van der Waals surface area contributed by atoms with Crippen molar-refractivity contribution in [3.05, 3.63) is 75.8 Å². The molecule has 0 fully saturated rings. The van der Waals surface area contributed by atoms with Gasteiger partial charge in [-0.15, -0.1) is 0 Å². The van der Waals surface area contributed by atoms with Gasteiger partial charge in [-0.2, -0.15) is 0 Å². The molecule has 0 aliphatic heterocycles. The molecule has 0 heterocycles. The number of non-ortho nitro benzene ring substituents is 1. The largest absolute Gasteiger partial charge is 0.387 e. The summed E-state index contributed by atoms with van der Waals surface area (Å²) in [6.45, 7) is 0.989. The Morgan fingerprint density at radius 1 is 1.15 bits per heavy atom. The average molecular weight is 272 g/mol. The highest BCUT2D eigenvalue weighted by molar-refractivity contribution is 5.35. The smallest absolute Gasteiger partial charge is 0.269 e. The fraction of sp³-hybridized carbons (Fsp3) is 0.200. The summed E-state index contributed by atoms with van der Waals surface area (Å²) in [6.07, 6.45) is -0.765. The molecule has 1 atom stereocenters. The predicted molar refractivity (Wildman–Crippen MR) is 76.2 cm³/mol. The molecule has 5 nitrogen and oxygen atoms in total. The van der Waals surface area contributed by atoms with E-state index in [-0.39, 0.29) is 5.69 Å². The van der Waals surface area contributed by atoms with Crippen LogP contribution in [0.4, 0.5) is 5.69 Å².